The standard InChI is InChI=1S/C17H25F2N3O3/c1-11(2)15(17(24)21-8-7-20-9-10-25-3)22-16(23)14-12(18)5-4-6-13(14)19/h4-6,11,15,20H,7-10H2,1-3H3,(H,21,24)(H,22,23)/t15-/m0/s1. The number of nitrogens with one attached hydrogen (secondary N) is 3. The van der Waals surface area contributed by atoms with Crippen LogP contribution in [0.4, 0.5) is 8.78 Å². The van der Waals surface area contributed by atoms with Crippen molar-refractivity contribution < 1.29 is 23.1 Å². The van der Waals surface area contributed by atoms with E-state index in [4.69, 9.17) is 4.74 Å². The molecular formula is C17H25F2N3O3. The summed E-state index contributed by atoms with van der Waals surface area (Å²) in [5.41, 5.74) is -0.692. The molecule has 0 unspecified atom stereocenters. The monoisotopic (exact) mass is 357 g/mol. The molecule has 0 saturated carbocycles. The molecule has 0 aliphatic heterocycles. The van der Waals surface area contributed by atoms with Gasteiger partial charge in [0.25, 0.3) is 5.91 Å². The Bertz CT molecular complexity index is 562. The Morgan fingerprint density at radius 1 is 1.12 bits per heavy atom. The van der Waals surface area contributed by atoms with Crippen LogP contribution in [0.2, 0.25) is 0 Å². The quantitative estimate of drug-likeness (QED) is 0.548. The molecule has 0 radical (unpaired) electrons. The molecule has 8 heteroatoms. The average Bonchev–Trinajstić information content (AvgIpc) is 2.55. The highest BCUT2D eigenvalue weighted by atomic mass is 19.1. The number of amides is 2. The molecule has 0 aliphatic rings. The van der Waals surface area contributed by atoms with Gasteiger partial charge in [-0.1, -0.05) is 19.9 Å². The maximum atomic E-state index is 13.7. The fourth-order valence-corrected chi connectivity index (χ4v) is 2.15. The molecule has 1 atom stereocenters. The maximum Gasteiger partial charge on any atom is 0.257 e. The molecule has 1 aromatic rings. The molecule has 140 valence electrons. The number of carbonyl (C=O) groups excluding carboxylic acids is 2. The lowest BCUT2D eigenvalue weighted by atomic mass is 10.0. The van der Waals surface area contributed by atoms with Crippen molar-refractivity contribution in [2.24, 2.45) is 5.92 Å². The molecule has 0 heterocycles. The van der Waals surface area contributed by atoms with E-state index in [2.05, 4.69) is 16.0 Å². The first-order chi connectivity index (χ1) is 11.9. The Hall–Kier alpha value is -2.06. The largest absolute Gasteiger partial charge is 0.383 e. The van der Waals surface area contributed by atoms with Crippen LogP contribution < -0.4 is 16.0 Å². The molecule has 1 rings (SSSR count). The van der Waals surface area contributed by atoms with E-state index >= 15 is 0 Å². The number of benzene rings is 1. The third-order valence-electron chi connectivity index (χ3n) is 3.51. The van der Waals surface area contributed by atoms with Crippen LogP contribution in [0.25, 0.3) is 0 Å². The molecule has 1 aromatic carbocycles. The summed E-state index contributed by atoms with van der Waals surface area (Å²) in [6, 6.07) is 2.26. The summed E-state index contributed by atoms with van der Waals surface area (Å²) in [7, 11) is 1.60. The van der Waals surface area contributed by atoms with Gasteiger partial charge in [-0.2, -0.15) is 0 Å². The Morgan fingerprint density at radius 3 is 2.32 bits per heavy atom. The molecule has 6 nitrogen and oxygen atoms in total. The molecule has 25 heavy (non-hydrogen) atoms. The van der Waals surface area contributed by atoms with E-state index in [1.54, 1.807) is 21.0 Å². The normalized spacial score (nSPS) is 12.1. The van der Waals surface area contributed by atoms with Crippen molar-refractivity contribution in [1.82, 2.24) is 16.0 Å². The smallest absolute Gasteiger partial charge is 0.257 e. The Balaban J connectivity index is 2.61. The third-order valence-corrected chi connectivity index (χ3v) is 3.51. The van der Waals surface area contributed by atoms with Gasteiger partial charge in [-0.15, -0.1) is 0 Å². The summed E-state index contributed by atoms with van der Waals surface area (Å²) in [6.45, 7) is 5.58. The van der Waals surface area contributed by atoms with E-state index in [0.717, 1.165) is 12.1 Å². The summed E-state index contributed by atoms with van der Waals surface area (Å²) in [6.07, 6.45) is 0. The minimum atomic E-state index is -0.970. The van der Waals surface area contributed by atoms with E-state index in [0.29, 0.717) is 26.2 Å². The second-order valence-electron chi connectivity index (χ2n) is 5.83. The van der Waals surface area contributed by atoms with E-state index in [1.807, 2.05) is 0 Å². The molecule has 0 spiro atoms. The van der Waals surface area contributed by atoms with Gasteiger partial charge in [0, 0.05) is 26.7 Å². The van der Waals surface area contributed by atoms with Crippen molar-refractivity contribution in [2.45, 2.75) is 19.9 Å². The average molecular weight is 357 g/mol. The van der Waals surface area contributed by atoms with E-state index in [9.17, 15) is 18.4 Å². The number of ether oxygens (including phenoxy) is 1. The number of halogens is 2. The first-order valence-corrected chi connectivity index (χ1v) is 8.10. The highest BCUT2D eigenvalue weighted by Gasteiger charge is 2.26. The fraction of sp³-hybridized carbons (Fsp3) is 0.529. The highest BCUT2D eigenvalue weighted by Crippen LogP contribution is 2.13. The van der Waals surface area contributed by atoms with Crippen LogP contribution in [0, 0.1) is 17.6 Å². The van der Waals surface area contributed by atoms with Crippen LogP contribution in [0.5, 0.6) is 0 Å². The van der Waals surface area contributed by atoms with Gasteiger partial charge < -0.3 is 20.7 Å². The van der Waals surface area contributed by atoms with Crippen molar-refractivity contribution in [2.75, 3.05) is 33.4 Å². The first-order valence-electron chi connectivity index (χ1n) is 8.10. The molecule has 0 saturated heterocycles. The minimum Gasteiger partial charge on any atom is -0.383 e. The van der Waals surface area contributed by atoms with Crippen LogP contribution in [0.15, 0.2) is 18.2 Å². The molecule has 3 N–H and O–H groups in total. The van der Waals surface area contributed by atoms with Crippen molar-refractivity contribution in [3.63, 3.8) is 0 Å². The molecular weight excluding hydrogens is 332 g/mol. The zero-order chi connectivity index (χ0) is 18.8. The van der Waals surface area contributed by atoms with E-state index in [1.165, 1.54) is 6.07 Å². The van der Waals surface area contributed by atoms with Gasteiger partial charge in [0.2, 0.25) is 5.91 Å². The van der Waals surface area contributed by atoms with Crippen molar-refractivity contribution in [3.8, 4) is 0 Å². The summed E-state index contributed by atoms with van der Waals surface area (Å²) in [5, 5.41) is 8.15. The van der Waals surface area contributed by atoms with Crippen LogP contribution in [0.1, 0.15) is 24.2 Å². The number of methoxy groups -OCH3 is 1. The topological polar surface area (TPSA) is 79.5 Å². The lowest BCUT2D eigenvalue weighted by molar-refractivity contribution is -0.123. The third kappa shape index (κ3) is 6.75. The first kappa shape index (κ1) is 21.0. The number of hydrogen-bond donors (Lipinski definition) is 3. The summed E-state index contributed by atoms with van der Waals surface area (Å²) in [5.74, 6) is -3.55. The SMILES string of the molecule is COCCNCCNC(=O)[C@@H](NC(=O)c1c(F)cccc1F)C(C)C. The van der Waals surface area contributed by atoms with Gasteiger partial charge >= 0.3 is 0 Å². The lowest BCUT2D eigenvalue weighted by Crippen LogP contribution is -2.51. The lowest BCUT2D eigenvalue weighted by Gasteiger charge is -2.22. The Labute approximate surface area is 146 Å². The van der Waals surface area contributed by atoms with Gasteiger partial charge in [0.1, 0.15) is 23.2 Å². The predicted octanol–water partition coefficient (Wildman–Crippen LogP) is 1.07. The molecule has 2 amide bonds. The van der Waals surface area contributed by atoms with Crippen LogP contribution in [-0.4, -0.2) is 51.2 Å². The Kier molecular flexibility index (Phi) is 9.01. The van der Waals surface area contributed by atoms with Crippen molar-refractivity contribution in [1.29, 1.82) is 0 Å². The van der Waals surface area contributed by atoms with E-state index in [-0.39, 0.29) is 5.92 Å². The highest BCUT2D eigenvalue weighted by molar-refractivity contribution is 5.98. The van der Waals surface area contributed by atoms with Gasteiger partial charge in [0.05, 0.1) is 6.61 Å². The summed E-state index contributed by atoms with van der Waals surface area (Å²) in [4.78, 5) is 24.4. The summed E-state index contributed by atoms with van der Waals surface area (Å²) < 4.78 is 32.3. The van der Waals surface area contributed by atoms with Gasteiger partial charge in [-0.05, 0) is 18.1 Å². The fourth-order valence-electron chi connectivity index (χ4n) is 2.15. The summed E-state index contributed by atoms with van der Waals surface area (Å²) >= 11 is 0. The van der Waals surface area contributed by atoms with Crippen LogP contribution in [-0.2, 0) is 9.53 Å². The number of hydrogen-bond acceptors (Lipinski definition) is 4. The second-order valence-corrected chi connectivity index (χ2v) is 5.83. The zero-order valence-electron chi connectivity index (χ0n) is 14.7. The van der Waals surface area contributed by atoms with Gasteiger partial charge in [-0.25, -0.2) is 8.78 Å². The molecule has 0 fully saturated rings. The molecule has 0 bridgehead atoms. The van der Waals surface area contributed by atoms with E-state index < -0.39 is 35.1 Å². The second kappa shape index (κ2) is 10.7. The zero-order valence-corrected chi connectivity index (χ0v) is 14.7. The van der Waals surface area contributed by atoms with Crippen LogP contribution >= 0.6 is 0 Å². The predicted molar refractivity (Wildman–Crippen MR) is 90.2 cm³/mol. The Morgan fingerprint density at radius 2 is 1.76 bits per heavy atom. The van der Waals surface area contributed by atoms with Crippen molar-refractivity contribution >= 4 is 11.8 Å². The molecule has 0 aromatic heterocycles. The number of carbonyl (C=O) groups is 2. The molecule has 0 aliphatic carbocycles. The van der Waals surface area contributed by atoms with Crippen molar-refractivity contribution in [3.05, 3.63) is 35.4 Å². The van der Waals surface area contributed by atoms with Gasteiger partial charge in [-0.3, -0.25) is 9.59 Å². The van der Waals surface area contributed by atoms with Crippen LogP contribution in [0.3, 0.4) is 0 Å². The minimum absolute atomic E-state index is 0.250. The number of rotatable bonds is 10. The maximum absolute atomic E-state index is 13.7. The van der Waals surface area contributed by atoms with Gasteiger partial charge in [0.15, 0.2) is 0 Å².